The summed E-state index contributed by atoms with van der Waals surface area (Å²) in [6.07, 6.45) is -9.13. The molecule has 0 radical (unpaired) electrons. The normalized spacial score (nSPS) is 12.2. The highest BCUT2D eigenvalue weighted by atomic mass is 19.4. The van der Waals surface area contributed by atoms with Gasteiger partial charge in [-0.3, -0.25) is 9.59 Å². The fourth-order valence-corrected chi connectivity index (χ4v) is 4.46. The summed E-state index contributed by atoms with van der Waals surface area (Å²) in [5, 5.41) is 4.55. The number of hydrogen-bond acceptors (Lipinski definition) is 4. The molecular weight excluding hydrogens is 602 g/mol. The van der Waals surface area contributed by atoms with Crippen molar-refractivity contribution < 1.29 is 45.5 Å². The van der Waals surface area contributed by atoms with E-state index >= 15 is 0 Å². The Labute approximate surface area is 254 Å². The Morgan fingerprint density at radius 2 is 1.36 bits per heavy atom. The highest BCUT2D eigenvalue weighted by Crippen LogP contribution is 2.32. The van der Waals surface area contributed by atoms with Crippen molar-refractivity contribution in [2.45, 2.75) is 24.7 Å². The van der Waals surface area contributed by atoms with E-state index < -0.39 is 48.2 Å². The minimum absolute atomic E-state index is 0.0636. The molecule has 2 N–H and O–H groups in total. The summed E-state index contributed by atoms with van der Waals surface area (Å²) in [4.78, 5) is 38.1. The molecule has 0 aromatic heterocycles. The lowest BCUT2D eigenvalue weighted by atomic mass is 9.95. The molecule has 0 aliphatic heterocycles. The Bertz CT molecular complexity index is 1620. The maximum Gasteiger partial charge on any atom is 0.416 e. The number of esters is 1. The molecule has 0 heterocycles. The van der Waals surface area contributed by atoms with Gasteiger partial charge in [0.15, 0.2) is 0 Å². The van der Waals surface area contributed by atoms with Gasteiger partial charge >= 0.3 is 18.3 Å². The second-order valence-corrected chi connectivity index (χ2v) is 9.87. The van der Waals surface area contributed by atoms with Crippen LogP contribution in [0.5, 0.6) is 0 Å². The molecule has 234 valence electrons. The molecule has 4 aromatic rings. The average Bonchev–Trinajstić information content (AvgIpc) is 3.02. The molecular formula is C33H26F6N2O4. The molecule has 6 nitrogen and oxygen atoms in total. The SMILES string of the molecule is O=C(OCCC(C(=O)NCC(F)(F)F)c1ccccc1)c1ccc(NC(=O)c2ccccc2-c2ccc(C(F)(F)F)cc2)cc1. The first-order valence-corrected chi connectivity index (χ1v) is 13.6. The first-order chi connectivity index (χ1) is 21.3. The molecule has 2 amide bonds. The number of benzene rings is 4. The summed E-state index contributed by atoms with van der Waals surface area (Å²) < 4.78 is 81.9. The number of amides is 2. The highest BCUT2D eigenvalue weighted by Gasteiger charge is 2.31. The molecule has 0 aliphatic carbocycles. The van der Waals surface area contributed by atoms with Crippen LogP contribution >= 0.6 is 0 Å². The van der Waals surface area contributed by atoms with Crippen LogP contribution < -0.4 is 10.6 Å². The predicted octanol–water partition coefficient (Wildman–Crippen LogP) is 7.63. The third-order valence-electron chi connectivity index (χ3n) is 6.69. The van der Waals surface area contributed by atoms with Crippen LogP contribution in [0.1, 0.15) is 44.2 Å². The van der Waals surface area contributed by atoms with Crippen molar-refractivity contribution in [2.75, 3.05) is 18.5 Å². The van der Waals surface area contributed by atoms with Crippen molar-refractivity contribution in [1.82, 2.24) is 5.32 Å². The van der Waals surface area contributed by atoms with Crippen LogP contribution in [0.2, 0.25) is 0 Å². The van der Waals surface area contributed by atoms with Crippen molar-refractivity contribution in [1.29, 1.82) is 0 Å². The maximum absolute atomic E-state index is 13.1. The lowest BCUT2D eigenvalue weighted by Crippen LogP contribution is -2.37. The minimum atomic E-state index is -4.58. The quantitative estimate of drug-likeness (QED) is 0.140. The zero-order valence-electron chi connectivity index (χ0n) is 23.4. The number of carbonyl (C=O) groups excluding carboxylic acids is 3. The second-order valence-electron chi connectivity index (χ2n) is 9.87. The molecule has 45 heavy (non-hydrogen) atoms. The molecule has 0 fully saturated rings. The minimum Gasteiger partial charge on any atom is -0.462 e. The van der Waals surface area contributed by atoms with Gasteiger partial charge in [-0.2, -0.15) is 26.3 Å². The number of hydrogen-bond donors (Lipinski definition) is 2. The smallest absolute Gasteiger partial charge is 0.416 e. The Kier molecular flexibility index (Phi) is 10.3. The van der Waals surface area contributed by atoms with E-state index in [0.717, 1.165) is 12.1 Å². The van der Waals surface area contributed by atoms with Crippen LogP contribution in [0.25, 0.3) is 11.1 Å². The van der Waals surface area contributed by atoms with Gasteiger partial charge < -0.3 is 15.4 Å². The second kappa shape index (κ2) is 14.1. The van der Waals surface area contributed by atoms with E-state index in [9.17, 15) is 40.7 Å². The molecule has 0 saturated carbocycles. The van der Waals surface area contributed by atoms with Gasteiger partial charge in [-0.05, 0) is 65.6 Å². The Hall–Kier alpha value is -5.13. The van der Waals surface area contributed by atoms with Crippen LogP contribution in [0.4, 0.5) is 32.0 Å². The van der Waals surface area contributed by atoms with Gasteiger partial charge in [0.2, 0.25) is 5.91 Å². The molecule has 1 unspecified atom stereocenters. The maximum atomic E-state index is 13.1. The van der Waals surface area contributed by atoms with Crippen LogP contribution in [-0.4, -0.2) is 37.1 Å². The third-order valence-corrected chi connectivity index (χ3v) is 6.69. The summed E-state index contributed by atoms with van der Waals surface area (Å²) in [6, 6.07) is 24.7. The van der Waals surface area contributed by atoms with Gasteiger partial charge in [0.25, 0.3) is 5.91 Å². The lowest BCUT2D eigenvalue weighted by molar-refractivity contribution is -0.139. The first-order valence-electron chi connectivity index (χ1n) is 13.6. The number of alkyl halides is 6. The Morgan fingerprint density at radius 3 is 1.98 bits per heavy atom. The molecule has 4 aromatic carbocycles. The molecule has 0 saturated heterocycles. The third kappa shape index (κ3) is 9.18. The summed E-state index contributed by atoms with van der Waals surface area (Å²) in [5.41, 5.74) is 1.15. The van der Waals surface area contributed by atoms with Gasteiger partial charge in [0, 0.05) is 11.3 Å². The van der Waals surface area contributed by atoms with Crippen LogP contribution in [-0.2, 0) is 15.7 Å². The van der Waals surface area contributed by atoms with E-state index in [-0.39, 0.29) is 24.2 Å². The van der Waals surface area contributed by atoms with Crippen molar-refractivity contribution in [3.05, 3.63) is 125 Å². The van der Waals surface area contributed by atoms with E-state index in [1.807, 2.05) is 5.32 Å². The van der Waals surface area contributed by atoms with Crippen LogP contribution in [0.3, 0.4) is 0 Å². The van der Waals surface area contributed by atoms with Gasteiger partial charge in [-0.15, -0.1) is 0 Å². The largest absolute Gasteiger partial charge is 0.462 e. The number of ether oxygens (including phenoxy) is 1. The number of rotatable bonds is 10. The van der Waals surface area contributed by atoms with E-state index in [2.05, 4.69) is 5.32 Å². The van der Waals surface area contributed by atoms with Gasteiger partial charge in [0.1, 0.15) is 6.54 Å². The van der Waals surface area contributed by atoms with Crippen molar-refractivity contribution in [3.8, 4) is 11.1 Å². The lowest BCUT2D eigenvalue weighted by Gasteiger charge is -2.18. The number of halogens is 6. The van der Waals surface area contributed by atoms with Crippen molar-refractivity contribution in [3.63, 3.8) is 0 Å². The molecule has 1 atom stereocenters. The topological polar surface area (TPSA) is 84.5 Å². The summed E-state index contributed by atoms with van der Waals surface area (Å²) in [7, 11) is 0. The van der Waals surface area contributed by atoms with Gasteiger partial charge in [-0.25, -0.2) is 4.79 Å². The Morgan fingerprint density at radius 1 is 0.733 bits per heavy atom. The fraction of sp³-hybridized carbons (Fsp3) is 0.182. The fourth-order valence-electron chi connectivity index (χ4n) is 4.46. The van der Waals surface area contributed by atoms with E-state index in [1.165, 1.54) is 42.5 Å². The van der Waals surface area contributed by atoms with Gasteiger partial charge in [-0.1, -0.05) is 60.7 Å². The monoisotopic (exact) mass is 628 g/mol. The zero-order valence-corrected chi connectivity index (χ0v) is 23.4. The van der Waals surface area contributed by atoms with Crippen molar-refractivity contribution in [2.24, 2.45) is 0 Å². The standard InChI is InChI=1S/C33H26F6N2O4/c34-32(35,36)20-40-29(42)27(21-6-2-1-3-7-21)18-19-45-31(44)23-12-16-25(17-13-23)41-30(43)28-9-5-4-8-26(28)22-10-14-24(15-11-22)33(37,38)39/h1-17,27H,18-20H2,(H,40,42)(H,41,43). The van der Waals surface area contributed by atoms with Crippen LogP contribution in [0.15, 0.2) is 103 Å². The number of anilines is 1. The van der Waals surface area contributed by atoms with Crippen LogP contribution in [0, 0.1) is 0 Å². The summed E-state index contributed by atoms with van der Waals surface area (Å²) in [5.74, 6) is -3.11. The van der Waals surface area contributed by atoms with E-state index in [4.69, 9.17) is 4.74 Å². The first kappa shape index (κ1) is 32.8. The highest BCUT2D eigenvalue weighted by molar-refractivity contribution is 6.08. The van der Waals surface area contributed by atoms with Crippen molar-refractivity contribution >= 4 is 23.5 Å². The average molecular weight is 629 g/mol. The summed E-state index contributed by atoms with van der Waals surface area (Å²) >= 11 is 0. The number of carbonyl (C=O) groups is 3. The molecule has 12 heteroatoms. The number of nitrogens with one attached hydrogen (secondary N) is 2. The molecule has 0 aliphatic rings. The molecule has 0 spiro atoms. The molecule has 0 bridgehead atoms. The summed E-state index contributed by atoms with van der Waals surface area (Å²) in [6.45, 7) is -1.74. The zero-order chi connectivity index (χ0) is 32.6. The Balaban J connectivity index is 1.37. The predicted molar refractivity (Wildman–Crippen MR) is 154 cm³/mol. The van der Waals surface area contributed by atoms with Gasteiger partial charge in [0.05, 0.1) is 23.7 Å². The van der Waals surface area contributed by atoms with E-state index in [1.54, 1.807) is 48.5 Å². The van der Waals surface area contributed by atoms with E-state index in [0.29, 0.717) is 22.4 Å². The molecule has 4 rings (SSSR count).